The van der Waals surface area contributed by atoms with Crippen LogP contribution >= 0.6 is 23.4 Å². The molecular weight excluding hydrogens is 318 g/mol. The fraction of sp³-hybridized carbons (Fsp3) is 0.176. The molecule has 0 saturated carbocycles. The molecule has 114 valence electrons. The number of rotatable bonds is 6. The van der Waals surface area contributed by atoms with Gasteiger partial charge in [-0.05, 0) is 24.6 Å². The molecule has 1 heterocycles. The number of nitrogens with zero attached hydrogens (tertiary/aromatic N) is 1. The summed E-state index contributed by atoms with van der Waals surface area (Å²) in [5.74, 6) is 0.464. The van der Waals surface area contributed by atoms with Crippen molar-refractivity contribution in [3.05, 3.63) is 65.0 Å². The first-order valence-corrected chi connectivity index (χ1v) is 8.22. The molecule has 0 fully saturated rings. The topological polar surface area (TPSA) is 39.2 Å². The molecule has 2 aromatic rings. The van der Waals surface area contributed by atoms with Gasteiger partial charge in [-0.25, -0.2) is 9.78 Å². The highest BCUT2D eigenvalue weighted by Gasteiger charge is 2.03. The molecule has 3 nitrogen and oxygen atoms in total. The van der Waals surface area contributed by atoms with Crippen LogP contribution in [-0.2, 0) is 15.3 Å². The summed E-state index contributed by atoms with van der Waals surface area (Å²) in [4.78, 5) is 16.5. The lowest BCUT2D eigenvalue weighted by atomic mass is 10.2. The fourth-order valence-electron chi connectivity index (χ4n) is 1.73. The number of benzene rings is 1. The number of carbonyl (C=O) groups is 1. The molecule has 0 saturated heterocycles. The van der Waals surface area contributed by atoms with Crippen LogP contribution in [0.2, 0.25) is 5.15 Å². The van der Waals surface area contributed by atoms with E-state index < -0.39 is 0 Å². The molecule has 0 bridgehead atoms. The second-order valence-corrected chi connectivity index (χ2v) is 5.82. The van der Waals surface area contributed by atoms with Crippen molar-refractivity contribution in [1.29, 1.82) is 0 Å². The summed E-state index contributed by atoms with van der Waals surface area (Å²) in [7, 11) is 0. The Morgan fingerprint density at radius 3 is 2.86 bits per heavy atom. The largest absolute Gasteiger partial charge is 0.463 e. The van der Waals surface area contributed by atoms with Crippen LogP contribution in [0.4, 0.5) is 0 Å². The third-order valence-electron chi connectivity index (χ3n) is 2.78. The number of carbonyl (C=O) groups excluding carboxylic acids is 1. The summed E-state index contributed by atoms with van der Waals surface area (Å²) in [6.45, 7) is 2.11. The zero-order valence-electron chi connectivity index (χ0n) is 12.2. The third kappa shape index (κ3) is 5.20. The second-order valence-electron chi connectivity index (χ2n) is 4.41. The predicted molar refractivity (Wildman–Crippen MR) is 90.9 cm³/mol. The van der Waals surface area contributed by atoms with Crippen LogP contribution in [0.1, 0.15) is 18.1 Å². The molecule has 0 aliphatic carbocycles. The molecule has 0 unspecified atom stereocenters. The molecule has 0 aliphatic rings. The molecule has 0 atom stereocenters. The Hall–Kier alpha value is -1.78. The highest BCUT2D eigenvalue weighted by atomic mass is 35.5. The van der Waals surface area contributed by atoms with E-state index in [0.717, 1.165) is 10.6 Å². The Bertz CT molecular complexity index is 659. The lowest BCUT2D eigenvalue weighted by molar-refractivity contribution is -0.137. The van der Waals surface area contributed by atoms with Gasteiger partial charge in [-0.2, -0.15) is 0 Å². The number of aromatic nitrogens is 1. The molecule has 22 heavy (non-hydrogen) atoms. The summed E-state index contributed by atoms with van der Waals surface area (Å²) in [6, 6.07) is 12.1. The van der Waals surface area contributed by atoms with Crippen molar-refractivity contribution in [3.63, 3.8) is 0 Å². The first-order valence-electron chi connectivity index (χ1n) is 6.86. The highest BCUT2D eigenvalue weighted by Crippen LogP contribution is 2.26. The van der Waals surface area contributed by atoms with Gasteiger partial charge in [0.2, 0.25) is 0 Å². The quantitative estimate of drug-likeness (QED) is 0.335. The van der Waals surface area contributed by atoms with Gasteiger partial charge in [0.05, 0.1) is 6.61 Å². The van der Waals surface area contributed by atoms with E-state index in [2.05, 4.69) is 17.1 Å². The van der Waals surface area contributed by atoms with E-state index >= 15 is 0 Å². The molecule has 5 heteroatoms. The summed E-state index contributed by atoms with van der Waals surface area (Å²) in [5, 5.41) is 0.365. The molecule has 0 spiro atoms. The monoisotopic (exact) mass is 333 g/mol. The van der Waals surface area contributed by atoms with Gasteiger partial charge in [-0.1, -0.05) is 41.9 Å². The van der Waals surface area contributed by atoms with E-state index in [1.165, 1.54) is 11.6 Å². The lowest BCUT2D eigenvalue weighted by Crippen LogP contribution is -1.98. The summed E-state index contributed by atoms with van der Waals surface area (Å²) >= 11 is 7.72. The van der Waals surface area contributed by atoms with Crippen LogP contribution in [0.5, 0.6) is 0 Å². The van der Waals surface area contributed by atoms with Crippen LogP contribution in [0.15, 0.2) is 53.6 Å². The van der Waals surface area contributed by atoms with E-state index in [0.29, 0.717) is 17.3 Å². The zero-order chi connectivity index (χ0) is 15.8. The molecule has 0 radical (unpaired) electrons. The van der Waals surface area contributed by atoms with Crippen LogP contribution in [0, 0.1) is 0 Å². The summed E-state index contributed by atoms with van der Waals surface area (Å²) < 4.78 is 4.84. The van der Waals surface area contributed by atoms with Crippen LogP contribution in [-0.4, -0.2) is 17.6 Å². The minimum atomic E-state index is -0.388. The van der Waals surface area contributed by atoms with Gasteiger partial charge in [0.1, 0.15) is 5.15 Å². The maximum atomic E-state index is 11.3. The van der Waals surface area contributed by atoms with Crippen molar-refractivity contribution in [2.24, 2.45) is 0 Å². The van der Waals surface area contributed by atoms with Crippen molar-refractivity contribution in [2.45, 2.75) is 17.6 Å². The first-order chi connectivity index (χ1) is 10.7. The Kier molecular flexibility index (Phi) is 6.49. The first kappa shape index (κ1) is 16.6. The van der Waals surface area contributed by atoms with Gasteiger partial charge in [-0.3, -0.25) is 0 Å². The van der Waals surface area contributed by atoms with E-state index in [9.17, 15) is 4.79 Å². The number of pyridine rings is 1. The van der Waals surface area contributed by atoms with Crippen molar-refractivity contribution in [3.8, 4) is 0 Å². The molecule has 1 aromatic carbocycles. The average molecular weight is 334 g/mol. The Balaban J connectivity index is 2.04. The number of hydrogen-bond acceptors (Lipinski definition) is 4. The van der Waals surface area contributed by atoms with Gasteiger partial charge in [0.25, 0.3) is 0 Å². The second kappa shape index (κ2) is 8.61. The maximum absolute atomic E-state index is 11.3. The van der Waals surface area contributed by atoms with E-state index in [1.807, 2.05) is 24.3 Å². The summed E-state index contributed by atoms with van der Waals surface area (Å²) in [5.41, 5.74) is 1.94. The standard InChI is InChI=1S/C17H16ClNO2S/c1-2-21-16(20)9-8-14-10-15(11-19-17(14)18)22-12-13-6-4-3-5-7-13/h3-11H,2,12H2,1H3/b9-8+. The minimum Gasteiger partial charge on any atom is -0.463 e. The van der Waals surface area contributed by atoms with Crippen LogP contribution in [0.25, 0.3) is 6.08 Å². The minimum absolute atomic E-state index is 0.349. The number of esters is 1. The number of hydrogen-bond donors (Lipinski definition) is 0. The van der Waals surface area contributed by atoms with Gasteiger partial charge in [0.15, 0.2) is 0 Å². The van der Waals surface area contributed by atoms with E-state index in [1.54, 1.807) is 31.0 Å². The lowest BCUT2D eigenvalue weighted by Gasteiger charge is -2.04. The molecular formula is C17H16ClNO2S. The Labute approximate surface area is 139 Å². The Morgan fingerprint density at radius 1 is 1.36 bits per heavy atom. The van der Waals surface area contributed by atoms with Gasteiger partial charge in [-0.15, -0.1) is 11.8 Å². The fourth-order valence-corrected chi connectivity index (χ4v) is 2.76. The van der Waals surface area contributed by atoms with Gasteiger partial charge >= 0.3 is 5.97 Å². The van der Waals surface area contributed by atoms with E-state index in [4.69, 9.17) is 16.3 Å². The summed E-state index contributed by atoms with van der Waals surface area (Å²) in [6.07, 6.45) is 4.72. The number of ether oxygens (including phenoxy) is 1. The van der Waals surface area contributed by atoms with Crippen molar-refractivity contribution >= 4 is 35.4 Å². The molecule has 2 rings (SSSR count). The number of halogens is 1. The third-order valence-corrected chi connectivity index (χ3v) is 4.13. The number of thioether (sulfide) groups is 1. The average Bonchev–Trinajstić information content (AvgIpc) is 2.54. The van der Waals surface area contributed by atoms with Crippen LogP contribution < -0.4 is 0 Å². The maximum Gasteiger partial charge on any atom is 0.330 e. The van der Waals surface area contributed by atoms with Gasteiger partial charge in [0, 0.05) is 28.5 Å². The molecule has 1 aromatic heterocycles. The molecule has 0 aliphatic heterocycles. The predicted octanol–water partition coefficient (Wildman–Crippen LogP) is 4.60. The van der Waals surface area contributed by atoms with Crippen molar-refractivity contribution in [2.75, 3.05) is 6.61 Å². The highest BCUT2D eigenvalue weighted by molar-refractivity contribution is 7.98. The van der Waals surface area contributed by atoms with Crippen molar-refractivity contribution < 1.29 is 9.53 Å². The van der Waals surface area contributed by atoms with E-state index in [-0.39, 0.29) is 5.97 Å². The molecule has 0 amide bonds. The normalized spacial score (nSPS) is 10.8. The SMILES string of the molecule is CCOC(=O)/C=C/c1cc(SCc2ccccc2)cnc1Cl. The van der Waals surface area contributed by atoms with Gasteiger partial charge < -0.3 is 4.74 Å². The van der Waals surface area contributed by atoms with Crippen molar-refractivity contribution in [1.82, 2.24) is 4.98 Å². The zero-order valence-corrected chi connectivity index (χ0v) is 13.7. The Morgan fingerprint density at radius 2 is 2.14 bits per heavy atom. The smallest absolute Gasteiger partial charge is 0.330 e. The molecule has 0 N–H and O–H groups in total. The van der Waals surface area contributed by atoms with Crippen LogP contribution in [0.3, 0.4) is 0 Å².